The van der Waals surface area contributed by atoms with Crippen molar-refractivity contribution in [2.24, 2.45) is 0 Å². The van der Waals surface area contributed by atoms with Gasteiger partial charge in [0.05, 0.1) is 23.3 Å². The molecule has 1 aromatic heterocycles. The molecule has 1 saturated heterocycles. The summed E-state index contributed by atoms with van der Waals surface area (Å²) < 4.78 is 117. The number of nitrogens with one attached hydrogen (secondary N) is 2. The normalized spacial score (nSPS) is 19.5. The molecule has 0 radical (unpaired) electrons. The molecule has 1 aliphatic rings. The Labute approximate surface area is 205 Å². The second-order valence-corrected chi connectivity index (χ2v) is 10.2. The second-order valence-electron chi connectivity index (χ2n) is 8.13. The molecule has 3 aromatic rings. The third kappa shape index (κ3) is 4.83. The van der Waals surface area contributed by atoms with Crippen molar-refractivity contribution < 1.29 is 49.2 Å². The molecular formula is C21H18F6N4O5S. The number of halogens is 6. The summed E-state index contributed by atoms with van der Waals surface area (Å²) in [5.74, 6) is -10.0. The van der Waals surface area contributed by atoms with Crippen molar-refractivity contribution in [2.45, 2.75) is 24.9 Å². The molecule has 0 aliphatic carbocycles. The quantitative estimate of drug-likeness (QED) is 0.404. The van der Waals surface area contributed by atoms with Crippen LogP contribution in [0.4, 0.5) is 37.0 Å². The lowest BCUT2D eigenvalue weighted by atomic mass is 10.00. The van der Waals surface area contributed by atoms with Crippen LogP contribution in [0.2, 0.25) is 0 Å². The Balaban J connectivity index is 1.73. The van der Waals surface area contributed by atoms with Crippen LogP contribution in [0.3, 0.4) is 0 Å². The third-order valence-electron chi connectivity index (χ3n) is 5.84. The number of amides is 2. The number of anilines is 1. The van der Waals surface area contributed by atoms with Crippen molar-refractivity contribution in [2.75, 3.05) is 24.2 Å². The molecule has 200 valence electrons. The van der Waals surface area contributed by atoms with Gasteiger partial charge in [0.1, 0.15) is 35.4 Å². The smallest absolute Gasteiger partial charge is 0.323 e. The van der Waals surface area contributed by atoms with E-state index in [2.05, 4.69) is 10.5 Å². The third-order valence-corrected chi connectivity index (χ3v) is 7.24. The Bertz CT molecular complexity index is 1460. The van der Waals surface area contributed by atoms with E-state index in [9.17, 15) is 44.7 Å². The molecule has 3 N–H and O–H groups in total. The Morgan fingerprint density at radius 1 is 1.16 bits per heavy atom. The average molecular weight is 552 g/mol. The minimum absolute atomic E-state index is 0.339. The summed E-state index contributed by atoms with van der Waals surface area (Å²) in [5.41, 5.74) is -1.80. The maximum absolute atomic E-state index is 14.8. The zero-order valence-corrected chi connectivity index (χ0v) is 19.6. The van der Waals surface area contributed by atoms with E-state index < -0.39 is 98.8 Å². The number of carbonyl (C=O) groups is 1. The highest BCUT2D eigenvalue weighted by Gasteiger charge is 2.58. The number of aromatic nitrogens is 1. The SMILES string of the molecule is CCS(=O)(=O)N[C@@H]1CN(C(=O)Nc2noc3cc(F)cc(-c4c(F)cc(F)cc4F)c23)[C@H](CO)C1(F)F. The van der Waals surface area contributed by atoms with E-state index in [1.165, 1.54) is 6.92 Å². The van der Waals surface area contributed by atoms with Crippen molar-refractivity contribution in [3.63, 3.8) is 0 Å². The average Bonchev–Trinajstić information content (AvgIpc) is 3.30. The minimum atomic E-state index is -4.12. The monoisotopic (exact) mass is 552 g/mol. The van der Waals surface area contributed by atoms with Gasteiger partial charge in [-0.3, -0.25) is 5.32 Å². The summed E-state index contributed by atoms with van der Waals surface area (Å²) in [6.45, 7) is -0.888. The fraction of sp³-hybridized carbons (Fsp3) is 0.333. The highest BCUT2D eigenvalue weighted by molar-refractivity contribution is 7.89. The molecule has 0 unspecified atom stereocenters. The number of sulfonamides is 1. The fourth-order valence-electron chi connectivity index (χ4n) is 4.04. The highest BCUT2D eigenvalue weighted by atomic mass is 32.2. The number of rotatable bonds is 6. The van der Waals surface area contributed by atoms with Crippen LogP contribution in [0.15, 0.2) is 28.8 Å². The Kier molecular flexibility index (Phi) is 6.85. The van der Waals surface area contributed by atoms with Crippen LogP contribution >= 0.6 is 0 Å². The summed E-state index contributed by atoms with van der Waals surface area (Å²) in [7, 11) is -4.12. The molecule has 9 nitrogen and oxygen atoms in total. The van der Waals surface area contributed by atoms with Gasteiger partial charge in [0.2, 0.25) is 10.0 Å². The van der Waals surface area contributed by atoms with Crippen LogP contribution < -0.4 is 10.0 Å². The second kappa shape index (κ2) is 9.50. The Morgan fingerprint density at radius 2 is 1.78 bits per heavy atom. The molecule has 2 aromatic carbocycles. The van der Waals surface area contributed by atoms with Gasteiger partial charge in [-0.15, -0.1) is 0 Å². The number of aliphatic hydroxyl groups is 1. The Morgan fingerprint density at radius 3 is 2.38 bits per heavy atom. The maximum atomic E-state index is 14.8. The first-order valence-corrected chi connectivity index (χ1v) is 12.2. The first kappa shape index (κ1) is 26.7. The van der Waals surface area contributed by atoms with Gasteiger partial charge in [-0.2, -0.15) is 0 Å². The topological polar surface area (TPSA) is 125 Å². The summed E-state index contributed by atoms with van der Waals surface area (Å²) in [6.07, 6.45) is 0. The van der Waals surface area contributed by atoms with E-state index >= 15 is 0 Å². The van der Waals surface area contributed by atoms with E-state index in [1.807, 2.05) is 0 Å². The van der Waals surface area contributed by atoms with Gasteiger partial charge in [0, 0.05) is 30.3 Å². The lowest BCUT2D eigenvalue weighted by Crippen LogP contribution is -2.51. The molecule has 2 amide bonds. The van der Waals surface area contributed by atoms with E-state index in [0.29, 0.717) is 23.1 Å². The van der Waals surface area contributed by atoms with Gasteiger partial charge in [0.25, 0.3) is 5.92 Å². The summed E-state index contributed by atoms with van der Waals surface area (Å²) in [4.78, 5) is 13.4. The lowest BCUT2D eigenvalue weighted by molar-refractivity contribution is -0.0557. The van der Waals surface area contributed by atoms with Gasteiger partial charge in [-0.05, 0) is 13.0 Å². The van der Waals surface area contributed by atoms with Crippen LogP contribution in [0.25, 0.3) is 22.1 Å². The van der Waals surface area contributed by atoms with E-state index in [1.54, 1.807) is 4.72 Å². The molecule has 2 atom stereocenters. The van der Waals surface area contributed by atoms with Crippen molar-refractivity contribution in [3.05, 3.63) is 47.5 Å². The molecule has 37 heavy (non-hydrogen) atoms. The number of alkyl halides is 2. The number of urea groups is 1. The summed E-state index contributed by atoms with van der Waals surface area (Å²) in [5, 5.41) is 14.8. The number of likely N-dealkylation sites (tertiary alicyclic amines) is 1. The number of fused-ring (bicyclic) bond motifs is 1. The predicted octanol–water partition coefficient (Wildman–Crippen LogP) is 3.20. The first-order valence-electron chi connectivity index (χ1n) is 10.6. The molecular weight excluding hydrogens is 534 g/mol. The van der Waals surface area contributed by atoms with Crippen molar-refractivity contribution in [1.82, 2.24) is 14.8 Å². The maximum Gasteiger partial charge on any atom is 0.323 e. The standard InChI is InChI=1S/C21H18F6N4O5S/c1-2-37(34,35)30-15-7-31(16(8-32)21(15,26)27)20(33)28-19-18-11(3-9(22)6-14(18)36-29-19)17-12(24)4-10(23)5-13(17)25/h3-6,15-16,30,32H,2,7-8H2,1H3,(H,28,29,33)/t15-,16-/m1/s1. The largest absolute Gasteiger partial charge is 0.394 e. The van der Waals surface area contributed by atoms with Crippen LogP contribution in [0.5, 0.6) is 0 Å². The van der Waals surface area contributed by atoms with Gasteiger partial charge < -0.3 is 14.5 Å². The molecule has 0 saturated carbocycles. The van der Waals surface area contributed by atoms with Crippen molar-refractivity contribution in [1.29, 1.82) is 0 Å². The molecule has 0 bridgehead atoms. The van der Waals surface area contributed by atoms with Crippen LogP contribution in [0.1, 0.15) is 6.92 Å². The number of nitrogens with zero attached hydrogens (tertiary/aromatic N) is 2. The van der Waals surface area contributed by atoms with E-state index in [0.717, 1.165) is 6.07 Å². The highest BCUT2D eigenvalue weighted by Crippen LogP contribution is 2.39. The van der Waals surface area contributed by atoms with E-state index in [-0.39, 0.29) is 5.39 Å². The first-order chi connectivity index (χ1) is 17.3. The van der Waals surface area contributed by atoms with Gasteiger partial charge in [0.15, 0.2) is 11.4 Å². The number of aliphatic hydroxyl groups excluding tert-OH is 1. The van der Waals surface area contributed by atoms with Gasteiger partial charge >= 0.3 is 6.03 Å². The zero-order chi connectivity index (χ0) is 27.3. The molecule has 16 heteroatoms. The van der Waals surface area contributed by atoms with Crippen LogP contribution in [-0.4, -0.2) is 66.5 Å². The molecule has 4 rings (SSSR count). The molecule has 2 heterocycles. The molecule has 1 aliphatic heterocycles. The Hall–Kier alpha value is -3.37. The van der Waals surface area contributed by atoms with Gasteiger partial charge in [-0.25, -0.2) is 44.3 Å². The zero-order valence-electron chi connectivity index (χ0n) is 18.7. The fourth-order valence-corrected chi connectivity index (χ4v) is 4.87. The summed E-state index contributed by atoms with van der Waals surface area (Å²) >= 11 is 0. The predicted molar refractivity (Wildman–Crippen MR) is 117 cm³/mol. The van der Waals surface area contributed by atoms with Crippen LogP contribution in [-0.2, 0) is 10.0 Å². The van der Waals surface area contributed by atoms with Gasteiger partial charge in [-0.1, -0.05) is 5.16 Å². The molecule has 1 fully saturated rings. The number of benzene rings is 2. The minimum Gasteiger partial charge on any atom is -0.394 e. The number of hydrogen-bond donors (Lipinski definition) is 3. The van der Waals surface area contributed by atoms with Crippen LogP contribution in [0, 0.1) is 23.3 Å². The van der Waals surface area contributed by atoms with Crippen molar-refractivity contribution >= 4 is 32.8 Å². The number of carbonyl (C=O) groups excluding carboxylic acids is 1. The van der Waals surface area contributed by atoms with E-state index in [4.69, 9.17) is 4.52 Å². The van der Waals surface area contributed by atoms with Crippen molar-refractivity contribution in [3.8, 4) is 11.1 Å². The molecule has 0 spiro atoms. The lowest BCUT2D eigenvalue weighted by Gasteiger charge is -2.26. The summed E-state index contributed by atoms with van der Waals surface area (Å²) in [6, 6.07) is -3.39. The number of hydrogen-bond acceptors (Lipinski definition) is 6.